The van der Waals surface area contributed by atoms with Crippen molar-refractivity contribution in [2.24, 2.45) is 7.05 Å². The molecule has 0 saturated heterocycles. The zero-order chi connectivity index (χ0) is 13.8. The van der Waals surface area contributed by atoms with Gasteiger partial charge in [-0.05, 0) is 33.4 Å². The average molecular weight is 261 g/mol. The van der Waals surface area contributed by atoms with Gasteiger partial charge in [0.2, 0.25) is 0 Å². The number of rotatable bonds is 6. The van der Waals surface area contributed by atoms with Gasteiger partial charge < -0.3 is 9.88 Å². The van der Waals surface area contributed by atoms with Gasteiger partial charge in [0, 0.05) is 38.4 Å². The van der Waals surface area contributed by atoms with Crippen LogP contribution in [0.25, 0.3) is 0 Å². The number of hydrogen-bond acceptors (Lipinski definition) is 3. The van der Waals surface area contributed by atoms with Gasteiger partial charge in [-0.2, -0.15) is 5.10 Å². The van der Waals surface area contributed by atoms with E-state index >= 15 is 0 Å². The molecule has 0 aliphatic rings. The van der Waals surface area contributed by atoms with Crippen LogP contribution in [0.1, 0.15) is 36.6 Å². The van der Waals surface area contributed by atoms with Crippen LogP contribution in [-0.2, 0) is 20.0 Å². The van der Waals surface area contributed by atoms with E-state index < -0.39 is 0 Å². The van der Waals surface area contributed by atoms with E-state index in [1.165, 1.54) is 5.69 Å². The third kappa shape index (κ3) is 3.04. The maximum Gasteiger partial charge on any atom is 0.108 e. The summed E-state index contributed by atoms with van der Waals surface area (Å²) in [6, 6.07) is 2.49. The number of aromatic nitrogens is 4. The molecule has 0 amide bonds. The number of imidazole rings is 1. The largest absolute Gasteiger partial charge is 0.338 e. The van der Waals surface area contributed by atoms with Crippen LogP contribution >= 0.6 is 0 Å². The monoisotopic (exact) mass is 261 g/mol. The lowest BCUT2D eigenvalue weighted by Gasteiger charge is -2.17. The summed E-state index contributed by atoms with van der Waals surface area (Å²) in [5.74, 6) is 1.12. The number of nitrogens with one attached hydrogen (secondary N) is 1. The van der Waals surface area contributed by atoms with Crippen LogP contribution in [0, 0.1) is 6.92 Å². The zero-order valence-corrected chi connectivity index (χ0v) is 12.2. The Morgan fingerprint density at radius 2 is 2.21 bits per heavy atom. The van der Waals surface area contributed by atoms with E-state index in [-0.39, 0.29) is 0 Å². The Bertz CT molecular complexity index is 526. The maximum absolute atomic E-state index is 4.52. The van der Waals surface area contributed by atoms with Crippen LogP contribution in [0.2, 0.25) is 0 Å². The third-order valence-corrected chi connectivity index (χ3v) is 3.52. The van der Waals surface area contributed by atoms with Crippen LogP contribution in [0.15, 0.2) is 18.5 Å². The lowest BCUT2D eigenvalue weighted by Crippen LogP contribution is -2.21. The Labute approximate surface area is 114 Å². The molecule has 0 aromatic carbocycles. The van der Waals surface area contributed by atoms with Crippen LogP contribution in [0.3, 0.4) is 0 Å². The molecular formula is C14H23N5. The van der Waals surface area contributed by atoms with Gasteiger partial charge in [0.05, 0.1) is 11.4 Å². The molecule has 1 unspecified atom stereocenters. The van der Waals surface area contributed by atoms with Crippen molar-refractivity contribution in [2.45, 2.75) is 39.3 Å². The minimum absolute atomic E-state index is 0.317. The second-order valence-corrected chi connectivity index (χ2v) is 4.86. The van der Waals surface area contributed by atoms with Crippen LogP contribution in [-0.4, -0.2) is 26.4 Å². The van der Waals surface area contributed by atoms with E-state index in [9.17, 15) is 0 Å². The molecule has 2 rings (SSSR count). The SMILES string of the molecule is CCn1nc(C)cc1C(CCc1nccn1C)NC. The molecular weight excluding hydrogens is 238 g/mol. The van der Waals surface area contributed by atoms with Crippen molar-refractivity contribution in [1.82, 2.24) is 24.6 Å². The summed E-state index contributed by atoms with van der Waals surface area (Å²) in [5.41, 5.74) is 2.34. The summed E-state index contributed by atoms with van der Waals surface area (Å²) in [6.45, 7) is 5.08. The molecule has 5 nitrogen and oxygen atoms in total. The van der Waals surface area contributed by atoms with Gasteiger partial charge in [-0.3, -0.25) is 4.68 Å². The molecule has 1 atom stereocenters. The van der Waals surface area contributed by atoms with Gasteiger partial charge in [0.15, 0.2) is 0 Å². The first kappa shape index (κ1) is 13.8. The highest BCUT2D eigenvalue weighted by atomic mass is 15.3. The van der Waals surface area contributed by atoms with Crippen molar-refractivity contribution in [3.05, 3.63) is 35.7 Å². The van der Waals surface area contributed by atoms with E-state index in [2.05, 4.69) is 37.6 Å². The minimum Gasteiger partial charge on any atom is -0.338 e. The molecule has 104 valence electrons. The first-order valence-electron chi connectivity index (χ1n) is 6.83. The molecule has 5 heteroatoms. The summed E-state index contributed by atoms with van der Waals surface area (Å²) >= 11 is 0. The van der Waals surface area contributed by atoms with Crippen LogP contribution in [0.4, 0.5) is 0 Å². The number of aryl methyl sites for hydroxylation is 4. The molecule has 2 heterocycles. The first-order valence-corrected chi connectivity index (χ1v) is 6.83. The lowest BCUT2D eigenvalue weighted by molar-refractivity contribution is 0.481. The van der Waals surface area contributed by atoms with Crippen molar-refractivity contribution in [2.75, 3.05) is 7.05 Å². The van der Waals surface area contributed by atoms with Gasteiger partial charge in [-0.1, -0.05) is 0 Å². The van der Waals surface area contributed by atoms with E-state index in [1.807, 2.05) is 33.4 Å². The van der Waals surface area contributed by atoms with Crippen molar-refractivity contribution in [3.63, 3.8) is 0 Å². The Hall–Kier alpha value is -1.62. The summed E-state index contributed by atoms with van der Waals surface area (Å²) in [7, 11) is 4.04. The van der Waals surface area contributed by atoms with Crippen LogP contribution in [0.5, 0.6) is 0 Å². The second-order valence-electron chi connectivity index (χ2n) is 4.86. The average Bonchev–Trinajstić information content (AvgIpc) is 2.97. The minimum atomic E-state index is 0.317. The van der Waals surface area contributed by atoms with E-state index in [4.69, 9.17) is 0 Å². The van der Waals surface area contributed by atoms with Gasteiger partial charge in [0.1, 0.15) is 5.82 Å². The normalized spacial score (nSPS) is 12.8. The zero-order valence-electron chi connectivity index (χ0n) is 12.2. The van der Waals surface area contributed by atoms with Crippen LogP contribution < -0.4 is 5.32 Å². The van der Waals surface area contributed by atoms with E-state index in [0.29, 0.717) is 6.04 Å². The molecule has 2 aromatic rings. The molecule has 0 bridgehead atoms. The summed E-state index contributed by atoms with van der Waals surface area (Å²) < 4.78 is 4.16. The van der Waals surface area contributed by atoms with Crippen molar-refractivity contribution >= 4 is 0 Å². The highest BCUT2D eigenvalue weighted by Crippen LogP contribution is 2.19. The molecule has 0 spiro atoms. The fraction of sp³-hybridized carbons (Fsp3) is 0.571. The van der Waals surface area contributed by atoms with Crippen molar-refractivity contribution in [1.29, 1.82) is 0 Å². The second kappa shape index (κ2) is 6.02. The van der Waals surface area contributed by atoms with Gasteiger partial charge in [0.25, 0.3) is 0 Å². The lowest BCUT2D eigenvalue weighted by atomic mass is 10.1. The molecule has 0 aliphatic carbocycles. The van der Waals surface area contributed by atoms with Gasteiger partial charge in [-0.15, -0.1) is 0 Å². The van der Waals surface area contributed by atoms with Crippen molar-refractivity contribution < 1.29 is 0 Å². The highest BCUT2D eigenvalue weighted by molar-refractivity contribution is 5.13. The summed E-state index contributed by atoms with van der Waals surface area (Å²) in [6.07, 6.45) is 5.82. The highest BCUT2D eigenvalue weighted by Gasteiger charge is 2.16. The Kier molecular flexibility index (Phi) is 4.37. The molecule has 2 aromatic heterocycles. The van der Waals surface area contributed by atoms with E-state index in [1.54, 1.807) is 0 Å². The molecule has 0 aliphatic heterocycles. The Morgan fingerprint density at radius 1 is 1.42 bits per heavy atom. The summed E-state index contributed by atoms with van der Waals surface area (Å²) in [4.78, 5) is 4.38. The number of hydrogen-bond donors (Lipinski definition) is 1. The van der Waals surface area contributed by atoms with Gasteiger partial charge in [-0.25, -0.2) is 4.98 Å². The Balaban J connectivity index is 2.09. The topological polar surface area (TPSA) is 47.7 Å². The predicted octanol–water partition coefficient (Wildman–Crippen LogP) is 1.84. The van der Waals surface area contributed by atoms with Gasteiger partial charge >= 0.3 is 0 Å². The fourth-order valence-corrected chi connectivity index (χ4v) is 2.45. The molecule has 19 heavy (non-hydrogen) atoms. The fourth-order valence-electron chi connectivity index (χ4n) is 2.45. The standard InChI is InChI=1S/C14H23N5/c1-5-19-13(10-11(2)17-19)12(15-3)6-7-14-16-8-9-18(14)4/h8-10,12,15H,5-7H2,1-4H3. The molecule has 0 fully saturated rings. The molecule has 0 saturated carbocycles. The summed E-state index contributed by atoms with van der Waals surface area (Å²) in [5, 5.41) is 7.91. The third-order valence-electron chi connectivity index (χ3n) is 3.52. The predicted molar refractivity (Wildman–Crippen MR) is 76.0 cm³/mol. The first-order chi connectivity index (χ1) is 9.15. The quantitative estimate of drug-likeness (QED) is 0.863. The molecule has 1 N–H and O–H groups in total. The molecule has 0 radical (unpaired) electrons. The van der Waals surface area contributed by atoms with Crippen molar-refractivity contribution in [3.8, 4) is 0 Å². The number of nitrogens with zero attached hydrogens (tertiary/aromatic N) is 4. The Morgan fingerprint density at radius 3 is 2.79 bits per heavy atom. The maximum atomic E-state index is 4.52. The smallest absolute Gasteiger partial charge is 0.108 e. The van der Waals surface area contributed by atoms with E-state index in [0.717, 1.165) is 30.9 Å².